The summed E-state index contributed by atoms with van der Waals surface area (Å²) in [5, 5.41) is 3.66. The Morgan fingerprint density at radius 1 is 1.03 bits per heavy atom. The van der Waals surface area contributed by atoms with Crippen molar-refractivity contribution in [2.75, 3.05) is 13.8 Å². The lowest BCUT2D eigenvalue weighted by Gasteiger charge is -2.16. The number of carbonyl (C=O) groups is 2. The maximum atomic E-state index is 13.1. The second-order valence-corrected chi connectivity index (χ2v) is 7.24. The molecule has 1 aromatic heterocycles. The number of hydrogen-bond donors (Lipinski definition) is 1. The van der Waals surface area contributed by atoms with E-state index in [-0.39, 0.29) is 12.6 Å². The van der Waals surface area contributed by atoms with Crippen LogP contribution in [0.4, 0.5) is 4.39 Å². The predicted molar refractivity (Wildman–Crippen MR) is 115 cm³/mol. The van der Waals surface area contributed by atoms with Crippen LogP contribution < -0.4 is 5.32 Å². The molecule has 0 spiro atoms. The van der Waals surface area contributed by atoms with Crippen LogP contribution in [-0.4, -0.2) is 36.3 Å². The van der Waals surface area contributed by atoms with Gasteiger partial charge < -0.3 is 14.6 Å². The number of nitrogens with one attached hydrogen (secondary N) is 1. The van der Waals surface area contributed by atoms with Crippen molar-refractivity contribution in [2.24, 2.45) is 0 Å². The highest BCUT2D eigenvalue weighted by Gasteiger charge is 2.24. The van der Waals surface area contributed by atoms with E-state index in [4.69, 9.17) is 4.74 Å². The second kappa shape index (κ2) is 10.6. The Morgan fingerprint density at radius 3 is 2.50 bits per heavy atom. The molecule has 0 radical (unpaired) electrons. The van der Waals surface area contributed by atoms with Gasteiger partial charge in [-0.1, -0.05) is 48.5 Å². The van der Waals surface area contributed by atoms with Crippen molar-refractivity contribution in [3.05, 3.63) is 71.9 Å². The molecule has 0 fully saturated rings. The summed E-state index contributed by atoms with van der Waals surface area (Å²) in [4.78, 5) is 25.4. The summed E-state index contributed by atoms with van der Waals surface area (Å²) in [5.41, 5.74) is 2.39. The third-order valence-corrected chi connectivity index (χ3v) is 5.14. The van der Waals surface area contributed by atoms with Crippen LogP contribution >= 0.6 is 0 Å². The summed E-state index contributed by atoms with van der Waals surface area (Å²) in [6.07, 6.45) is 4.34. The quantitative estimate of drug-likeness (QED) is 0.401. The minimum Gasteiger partial charge on any atom is -0.467 e. The lowest BCUT2D eigenvalue weighted by atomic mass is 10.1. The standard InChI is InChI=1S/C24H27FN2O3/c1-30-24(29)21(16-18-10-4-2-5-11-18)26-23(28)20-17-27(15-9-3-8-14-25)22-13-7-6-12-19(20)22/h2,4-7,10-13,17,21H,3,8-9,14-16H2,1H3,(H,26,28)/t21-/m0/s1. The average Bonchev–Trinajstić information content (AvgIpc) is 3.15. The number of unbranched alkanes of at least 4 members (excludes halogenated alkanes) is 2. The molecular formula is C24H27FN2O3. The molecule has 0 bridgehead atoms. The number of esters is 1. The molecule has 1 atom stereocenters. The van der Waals surface area contributed by atoms with E-state index in [1.54, 1.807) is 0 Å². The van der Waals surface area contributed by atoms with Crippen molar-refractivity contribution in [3.8, 4) is 0 Å². The summed E-state index contributed by atoms with van der Waals surface area (Å²) in [7, 11) is 1.32. The van der Waals surface area contributed by atoms with Gasteiger partial charge >= 0.3 is 5.97 Å². The van der Waals surface area contributed by atoms with Crippen LogP contribution in [-0.2, 0) is 22.5 Å². The number of aryl methyl sites for hydroxylation is 1. The fourth-order valence-electron chi connectivity index (χ4n) is 3.59. The van der Waals surface area contributed by atoms with Crippen LogP contribution in [0.5, 0.6) is 0 Å². The molecule has 1 heterocycles. The molecule has 5 nitrogen and oxygen atoms in total. The van der Waals surface area contributed by atoms with E-state index in [1.807, 2.05) is 65.4 Å². The number of aromatic nitrogens is 1. The number of nitrogens with zero attached hydrogens (tertiary/aromatic N) is 1. The number of halogens is 1. The topological polar surface area (TPSA) is 60.3 Å². The zero-order chi connectivity index (χ0) is 21.3. The van der Waals surface area contributed by atoms with Crippen LogP contribution in [0.25, 0.3) is 10.9 Å². The van der Waals surface area contributed by atoms with Crippen molar-refractivity contribution < 1.29 is 18.7 Å². The number of ether oxygens (including phenoxy) is 1. The molecule has 1 N–H and O–H groups in total. The molecule has 0 aliphatic heterocycles. The van der Waals surface area contributed by atoms with Gasteiger partial charge in [-0.3, -0.25) is 9.18 Å². The van der Waals surface area contributed by atoms with E-state index in [1.165, 1.54) is 7.11 Å². The highest BCUT2D eigenvalue weighted by molar-refractivity contribution is 6.08. The lowest BCUT2D eigenvalue weighted by Crippen LogP contribution is -2.43. The molecule has 30 heavy (non-hydrogen) atoms. The number of benzene rings is 2. The number of amides is 1. The number of hydrogen-bond acceptors (Lipinski definition) is 3. The van der Waals surface area contributed by atoms with Crippen LogP contribution in [0.3, 0.4) is 0 Å². The van der Waals surface area contributed by atoms with Crippen LogP contribution in [0.1, 0.15) is 35.2 Å². The summed E-state index contributed by atoms with van der Waals surface area (Å²) < 4.78 is 19.3. The molecular weight excluding hydrogens is 383 g/mol. The van der Waals surface area contributed by atoms with Crippen molar-refractivity contribution in [2.45, 2.75) is 38.3 Å². The minimum absolute atomic E-state index is 0.309. The van der Waals surface area contributed by atoms with E-state index in [9.17, 15) is 14.0 Å². The smallest absolute Gasteiger partial charge is 0.328 e. The first-order valence-corrected chi connectivity index (χ1v) is 10.2. The van der Waals surface area contributed by atoms with E-state index in [0.717, 1.165) is 29.3 Å². The zero-order valence-corrected chi connectivity index (χ0v) is 17.1. The van der Waals surface area contributed by atoms with Gasteiger partial charge in [-0.15, -0.1) is 0 Å². The summed E-state index contributed by atoms with van der Waals surface area (Å²) in [6.45, 7) is 0.397. The molecule has 1 amide bonds. The molecule has 0 saturated carbocycles. The molecule has 158 valence electrons. The third kappa shape index (κ3) is 5.26. The average molecular weight is 410 g/mol. The van der Waals surface area contributed by atoms with Crippen molar-refractivity contribution in [3.63, 3.8) is 0 Å². The Morgan fingerprint density at radius 2 is 1.77 bits per heavy atom. The van der Waals surface area contributed by atoms with Gasteiger partial charge in [0, 0.05) is 30.1 Å². The van der Waals surface area contributed by atoms with Gasteiger partial charge in [0.25, 0.3) is 5.91 Å². The molecule has 0 aliphatic rings. The van der Waals surface area contributed by atoms with E-state index < -0.39 is 12.0 Å². The van der Waals surface area contributed by atoms with Gasteiger partial charge in [0.15, 0.2) is 0 Å². The Hall–Kier alpha value is -3.15. The van der Waals surface area contributed by atoms with Crippen LogP contribution in [0.15, 0.2) is 60.8 Å². The monoisotopic (exact) mass is 410 g/mol. The van der Waals surface area contributed by atoms with E-state index in [2.05, 4.69) is 5.32 Å². The van der Waals surface area contributed by atoms with Crippen molar-refractivity contribution in [1.82, 2.24) is 9.88 Å². The van der Waals surface area contributed by atoms with Crippen molar-refractivity contribution >= 4 is 22.8 Å². The number of para-hydroxylation sites is 1. The molecule has 0 unspecified atom stereocenters. The lowest BCUT2D eigenvalue weighted by molar-refractivity contribution is -0.142. The van der Waals surface area contributed by atoms with Crippen LogP contribution in [0.2, 0.25) is 0 Å². The normalized spacial score (nSPS) is 11.9. The minimum atomic E-state index is -0.781. The van der Waals surface area contributed by atoms with Gasteiger partial charge in [-0.05, 0) is 30.9 Å². The fraction of sp³-hybridized carbons (Fsp3) is 0.333. The Kier molecular flexibility index (Phi) is 7.60. The Balaban J connectivity index is 1.81. The number of carbonyl (C=O) groups excluding carboxylic acids is 2. The SMILES string of the molecule is COC(=O)[C@H](Cc1ccccc1)NC(=O)c1cn(CCCCCF)c2ccccc12. The van der Waals surface area contributed by atoms with Gasteiger partial charge in [0.05, 0.1) is 19.3 Å². The second-order valence-electron chi connectivity index (χ2n) is 7.24. The van der Waals surface area contributed by atoms with Gasteiger partial charge in [-0.25, -0.2) is 4.79 Å². The molecule has 3 aromatic rings. The van der Waals surface area contributed by atoms with Gasteiger partial charge in [0.1, 0.15) is 6.04 Å². The summed E-state index contributed by atoms with van der Waals surface area (Å²) in [6, 6.07) is 16.4. The number of rotatable bonds is 10. The molecule has 0 aliphatic carbocycles. The van der Waals surface area contributed by atoms with Crippen molar-refractivity contribution in [1.29, 1.82) is 0 Å². The maximum Gasteiger partial charge on any atom is 0.328 e. The summed E-state index contributed by atoms with van der Waals surface area (Å²) in [5.74, 6) is -0.804. The molecule has 0 saturated heterocycles. The van der Waals surface area contributed by atoms with Crippen LogP contribution in [0, 0.1) is 0 Å². The number of fused-ring (bicyclic) bond motifs is 1. The molecule has 6 heteroatoms. The predicted octanol–water partition coefficient (Wildman–Crippen LogP) is 4.30. The Bertz CT molecular complexity index is 985. The first-order chi connectivity index (χ1) is 14.6. The van der Waals surface area contributed by atoms with E-state index in [0.29, 0.717) is 24.9 Å². The third-order valence-electron chi connectivity index (χ3n) is 5.14. The number of alkyl halides is 1. The first-order valence-electron chi connectivity index (χ1n) is 10.2. The molecule has 2 aromatic carbocycles. The fourth-order valence-corrected chi connectivity index (χ4v) is 3.59. The van der Waals surface area contributed by atoms with Gasteiger partial charge in [0.2, 0.25) is 0 Å². The van der Waals surface area contributed by atoms with E-state index >= 15 is 0 Å². The summed E-state index contributed by atoms with van der Waals surface area (Å²) >= 11 is 0. The maximum absolute atomic E-state index is 13.1. The first kappa shape index (κ1) is 21.6. The largest absolute Gasteiger partial charge is 0.467 e. The highest BCUT2D eigenvalue weighted by atomic mass is 19.1. The molecule has 3 rings (SSSR count). The zero-order valence-electron chi connectivity index (χ0n) is 17.1. The highest BCUT2D eigenvalue weighted by Crippen LogP contribution is 2.22. The number of methoxy groups -OCH3 is 1. The van der Waals surface area contributed by atoms with Gasteiger partial charge in [-0.2, -0.15) is 0 Å². The Labute approximate surface area is 175 Å².